The first-order chi connectivity index (χ1) is 9.12. The Morgan fingerprint density at radius 1 is 1.21 bits per heavy atom. The molecule has 0 amide bonds. The SMILES string of the molecule is CCNC(CN(CC)c1cccc(C)c1)C(C)CC. The van der Waals surface area contributed by atoms with Gasteiger partial charge in [0.15, 0.2) is 0 Å². The van der Waals surface area contributed by atoms with Gasteiger partial charge in [-0.15, -0.1) is 0 Å². The van der Waals surface area contributed by atoms with Crippen molar-refractivity contribution >= 4 is 5.69 Å². The molecule has 19 heavy (non-hydrogen) atoms. The lowest BCUT2D eigenvalue weighted by Crippen LogP contribution is -2.45. The predicted molar refractivity (Wildman–Crippen MR) is 86.0 cm³/mol. The quantitative estimate of drug-likeness (QED) is 0.765. The van der Waals surface area contributed by atoms with Crippen molar-refractivity contribution in [2.75, 3.05) is 24.5 Å². The molecule has 2 nitrogen and oxygen atoms in total. The van der Waals surface area contributed by atoms with Crippen molar-refractivity contribution in [2.24, 2.45) is 5.92 Å². The second kappa shape index (κ2) is 8.21. The zero-order chi connectivity index (χ0) is 14.3. The van der Waals surface area contributed by atoms with Gasteiger partial charge in [0.25, 0.3) is 0 Å². The summed E-state index contributed by atoms with van der Waals surface area (Å²) in [7, 11) is 0. The third kappa shape index (κ3) is 4.87. The van der Waals surface area contributed by atoms with Crippen molar-refractivity contribution in [1.29, 1.82) is 0 Å². The van der Waals surface area contributed by atoms with E-state index in [1.807, 2.05) is 0 Å². The van der Waals surface area contributed by atoms with E-state index in [9.17, 15) is 0 Å². The maximum Gasteiger partial charge on any atom is 0.0369 e. The second-order valence-corrected chi connectivity index (χ2v) is 5.43. The van der Waals surface area contributed by atoms with E-state index in [0.717, 1.165) is 19.6 Å². The van der Waals surface area contributed by atoms with E-state index in [1.54, 1.807) is 0 Å². The Balaban J connectivity index is 2.78. The van der Waals surface area contributed by atoms with Crippen LogP contribution in [0.3, 0.4) is 0 Å². The number of hydrogen-bond donors (Lipinski definition) is 1. The molecule has 0 aliphatic carbocycles. The number of anilines is 1. The van der Waals surface area contributed by atoms with Crippen LogP contribution in [0.1, 0.15) is 39.7 Å². The summed E-state index contributed by atoms with van der Waals surface area (Å²) in [6.07, 6.45) is 1.23. The first-order valence-corrected chi connectivity index (χ1v) is 7.67. The Morgan fingerprint density at radius 2 is 1.95 bits per heavy atom. The lowest BCUT2D eigenvalue weighted by molar-refractivity contribution is 0.373. The van der Waals surface area contributed by atoms with Crippen LogP contribution in [0.25, 0.3) is 0 Å². The molecular weight excluding hydrogens is 232 g/mol. The second-order valence-electron chi connectivity index (χ2n) is 5.43. The maximum absolute atomic E-state index is 3.64. The summed E-state index contributed by atoms with van der Waals surface area (Å²) >= 11 is 0. The van der Waals surface area contributed by atoms with Gasteiger partial charge in [-0.05, 0) is 44.0 Å². The van der Waals surface area contributed by atoms with Crippen molar-refractivity contribution in [3.8, 4) is 0 Å². The van der Waals surface area contributed by atoms with Crippen LogP contribution in [0.2, 0.25) is 0 Å². The molecule has 0 bridgehead atoms. The summed E-state index contributed by atoms with van der Waals surface area (Å²) in [6, 6.07) is 9.38. The van der Waals surface area contributed by atoms with E-state index in [1.165, 1.54) is 17.7 Å². The fourth-order valence-corrected chi connectivity index (χ4v) is 2.47. The van der Waals surface area contributed by atoms with Gasteiger partial charge < -0.3 is 10.2 Å². The van der Waals surface area contributed by atoms with Gasteiger partial charge >= 0.3 is 0 Å². The first-order valence-electron chi connectivity index (χ1n) is 7.67. The average molecular weight is 262 g/mol. The van der Waals surface area contributed by atoms with Gasteiger partial charge in [-0.3, -0.25) is 0 Å². The average Bonchev–Trinajstić information content (AvgIpc) is 2.42. The number of likely N-dealkylation sites (N-methyl/N-ethyl adjacent to an activating group) is 2. The Bertz CT molecular complexity index is 362. The minimum absolute atomic E-state index is 0.565. The lowest BCUT2D eigenvalue weighted by Gasteiger charge is -2.32. The van der Waals surface area contributed by atoms with Crippen LogP contribution in [-0.2, 0) is 0 Å². The van der Waals surface area contributed by atoms with Crippen LogP contribution in [0.15, 0.2) is 24.3 Å². The van der Waals surface area contributed by atoms with Crippen LogP contribution in [0.5, 0.6) is 0 Å². The lowest BCUT2D eigenvalue weighted by atomic mass is 9.98. The molecule has 2 atom stereocenters. The number of nitrogens with one attached hydrogen (secondary N) is 1. The molecule has 1 aromatic carbocycles. The van der Waals surface area contributed by atoms with Crippen LogP contribution < -0.4 is 10.2 Å². The zero-order valence-electron chi connectivity index (χ0n) is 13.2. The minimum atomic E-state index is 0.565. The predicted octanol–water partition coefficient (Wildman–Crippen LogP) is 3.85. The van der Waals surface area contributed by atoms with Gasteiger partial charge in [0.2, 0.25) is 0 Å². The van der Waals surface area contributed by atoms with Gasteiger partial charge in [-0.25, -0.2) is 0 Å². The monoisotopic (exact) mass is 262 g/mol. The standard InChI is InChI=1S/C17H30N2/c1-6-15(5)17(18-7-2)13-19(8-3)16-11-9-10-14(4)12-16/h9-12,15,17-18H,6-8,13H2,1-5H3. The topological polar surface area (TPSA) is 15.3 Å². The van der Waals surface area contributed by atoms with Crippen LogP contribution in [-0.4, -0.2) is 25.7 Å². The molecule has 0 aliphatic rings. The summed E-state index contributed by atoms with van der Waals surface area (Å²) in [5, 5.41) is 3.64. The number of benzene rings is 1. The third-order valence-electron chi connectivity index (χ3n) is 3.96. The molecule has 2 heteroatoms. The Kier molecular flexibility index (Phi) is 6.93. The number of rotatable bonds is 8. The smallest absolute Gasteiger partial charge is 0.0369 e. The molecule has 1 aromatic rings. The van der Waals surface area contributed by atoms with E-state index in [-0.39, 0.29) is 0 Å². The molecule has 1 N–H and O–H groups in total. The number of hydrogen-bond acceptors (Lipinski definition) is 2. The largest absolute Gasteiger partial charge is 0.370 e. The highest BCUT2D eigenvalue weighted by Crippen LogP contribution is 2.18. The first kappa shape index (κ1) is 16.0. The van der Waals surface area contributed by atoms with Gasteiger partial charge in [0.1, 0.15) is 0 Å². The van der Waals surface area contributed by atoms with Crippen molar-refractivity contribution in [3.05, 3.63) is 29.8 Å². The van der Waals surface area contributed by atoms with Crippen LogP contribution in [0, 0.1) is 12.8 Å². The molecule has 0 fully saturated rings. The molecule has 0 heterocycles. The normalized spacial score (nSPS) is 14.2. The molecule has 0 saturated heterocycles. The number of nitrogens with zero attached hydrogens (tertiary/aromatic N) is 1. The molecule has 108 valence electrons. The highest BCUT2D eigenvalue weighted by Gasteiger charge is 2.18. The molecule has 2 unspecified atom stereocenters. The molecular formula is C17H30N2. The van der Waals surface area contributed by atoms with E-state index in [4.69, 9.17) is 0 Å². The molecule has 0 saturated carbocycles. The zero-order valence-corrected chi connectivity index (χ0v) is 13.2. The van der Waals surface area contributed by atoms with E-state index in [0.29, 0.717) is 12.0 Å². The number of aryl methyl sites for hydroxylation is 1. The fraction of sp³-hybridized carbons (Fsp3) is 0.647. The van der Waals surface area contributed by atoms with E-state index in [2.05, 4.69) is 69.1 Å². The van der Waals surface area contributed by atoms with Gasteiger partial charge in [-0.1, -0.05) is 39.3 Å². The van der Waals surface area contributed by atoms with Crippen molar-refractivity contribution in [3.63, 3.8) is 0 Å². The molecule has 0 aliphatic heterocycles. The summed E-state index contributed by atoms with van der Waals surface area (Å²) < 4.78 is 0. The summed E-state index contributed by atoms with van der Waals surface area (Å²) in [6.45, 7) is 14.4. The molecule has 1 rings (SSSR count). The van der Waals surface area contributed by atoms with Gasteiger partial charge in [0.05, 0.1) is 0 Å². The fourth-order valence-electron chi connectivity index (χ4n) is 2.47. The van der Waals surface area contributed by atoms with Gasteiger partial charge in [0, 0.05) is 24.8 Å². The summed E-state index contributed by atoms with van der Waals surface area (Å²) in [4.78, 5) is 2.48. The summed E-state index contributed by atoms with van der Waals surface area (Å²) in [5.74, 6) is 0.707. The van der Waals surface area contributed by atoms with E-state index >= 15 is 0 Å². The van der Waals surface area contributed by atoms with Crippen molar-refractivity contribution in [1.82, 2.24) is 5.32 Å². The Morgan fingerprint density at radius 3 is 2.47 bits per heavy atom. The summed E-state index contributed by atoms with van der Waals surface area (Å²) in [5.41, 5.74) is 2.67. The van der Waals surface area contributed by atoms with Gasteiger partial charge in [-0.2, -0.15) is 0 Å². The molecule has 0 aromatic heterocycles. The maximum atomic E-state index is 3.64. The van der Waals surface area contributed by atoms with E-state index < -0.39 is 0 Å². The Labute approximate surface area is 119 Å². The Hall–Kier alpha value is -1.02. The highest BCUT2D eigenvalue weighted by atomic mass is 15.2. The minimum Gasteiger partial charge on any atom is -0.370 e. The van der Waals surface area contributed by atoms with Crippen LogP contribution >= 0.6 is 0 Å². The third-order valence-corrected chi connectivity index (χ3v) is 3.96. The highest BCUT2D eigenvalue weighted by molar-refractivity contribution is 5.48. The van der Waals surface area contributed by atoms with Crippen molar-refractivity contribution < 1.29 is 0 Å². The van der Waals surface area contributed by atoms with Crippen molar-refractivity contribution in [2.45, 2.75) is 47.1 Å². The van der Waals surface area contributed by atoms with Crippen LogP contribution in [0.4, 0.5) is 5.69 Å². The molecule has 0 radical (unpaired) electrons. The molecule has 0 spiro atoms.